The molecule has 0 radical (unpaired) electrons. The highest BCUT2D eigenvalue weighted by molar-refractivity contribution is 4.82. The molecule has 0 amide bonds. The van der Waals surface area contributed by atoms with Crippen molar-refractivity contribution >= 4 is 0 Å². The Kier molecular flexibility index (Phi) is 4.70. The lowest BCUT2D eigenvalue weighted by atomic mass is 9.91. The van der Waals surface area contributed by atoms with E-state index in [0.717, 1.165) is 25.8 Å². The molecule has 0 saturated heterocycles. The van der Waals surface area contributed by atoms with Gasteiger partial charge in [-0.3, -0.25) is 4.90 Å². The number of aliphatic hydroxyl groups excluding tert-OH is 2. The van der Waals surface area contributed by atoms with Crippen LogP contribution in [-0.4, -0.2) is 47.0 Å². The van der Waals surface area contributed by atoms with E-state index in [0.29, 0.717) is 6.54 Å². The third kappa shape index (κ3) is 2.93. The summed E-state index contributed by atoms with van der Waals surface area (Å²) >= 11 is 0. The van der Waals surface area contributed by atoms with Gasteiger partial charge >= 0.3 is 0 Å². The first-order valence-electron chi connectivity index (χ1n) is 5.32. The maximum absolute atomic E-state index is 9.77. The molecule has 78 valence electrons. The molecule has 0 aromatic carbocycles. The molecule has 13 heavy (non-hydrogen) atoms. The summed E-state index contributed by atoms with van der Waals surface area (Å²) in [5.41, 5.74) is 0. The van der Waals surface area contributed by atoms with Gasteiger partial charge in [0.2, 0.25) is 0 Å². The number of hydrogen-bond acceptors (Lipinski definition) is 3. The largest absolute Gasteiger partial charge is 0.395 e. The van der Waals surface area contributed by atoms with Crippen LogP contribution >= 0.6 is 0 Å². The summed E-state index contributed by atoms with van der Waals surface area (Å²) in [5, 5.41) is 18.6. The molecule has 0 bridgehead atoms. The van der Waals surface area contributed by atoms with Crippen molar-refractivity contribution in [3.63, 3.8) is 0 Å². The lowest BCUT2D eigenvalue weighted by Gasteiger charge is -2.36. The highest BCUT2D eigenvalue weighted by Crippen LogP contribution is 2.22. The molecule has 0 heterocycles. The van der Waals surface area contributed by atoms with Crippen LogP contribution in [0.15, 0.2) is 0 Å². The third-order valence-electron chi connectivity index (χ3n) is 2.96. The minimum absolute atomic E-state index is 0.180. The van der Waals surface area contributed by atoms with Crippen LogP contribution in [0.4, 0.5) is 0 Å². The summed E-state index contributed by atoms with van der Waals surface area (Å²) < 4.78 is 0. The molecule has 1 aliphatic rings. The maximum atomic E-state index is 9.77. The Bertz CT molecular complexity index is 141. The van der Waals surface area contributed by atoms with Gasteiger partial charge in [0, 0.05) is 12.6 Å². The second-order valence-corrected chi connectivity index (χ2v) is 3.77. The molecule has 1 rings (SSSR count). The monoisotopic (exact) mass is 187 g/mol. The molecule has 1 saturated carbocycles. The van der Waals surface area contributed by atoms with Crippen molar-refractivity contribution in [1.82, 2.24) is 4.90 Å². The number of aliphatic hydroxyl groups is 2. The molecule has 0 aromatic rings. The highest BCUT2D eigenvalue weighted by atomic mass is 16.3. The average Bonchev–Trinajstić information content (AvgIpc) is 2.16. The van der Waals surface area contributed by atoms with E-state index >= 15 is 0 Å². The van der Waals surface area contributed by atoms with E-state index in [1.807, 2.05) is 0 Å². The van der Waals surface area contributed by atoms with E-state index in [9.17, 15) is 5.11 Å². The van der Waals surface area contributed by atoms with E-state index in [2.05, 4.69) is 11.8 Å². The van der Waals surface area contributed by atoms with Crippen molar-refractivity contribution in [2.24, 2.45) is 0 Å². The lowest BCUT2D eigenvalue weighted by Crippen LogP contribution is -2.46. The van der Waals surface area contributed by atoms with Gasteiger partial charge in [0.05, 0.1) is 12.7 Å². The van der Waals surface area contributed by atoms with E-state index in [1.165, 1.54) is 6.42 Å². The van der Waals surface area contributed by atoms with Crippen LogP contribution in [0.2, 0.25) is 0 Å². The minimum atomic E-state index is -0.180. The van der Waals surface area contributed by atoms with Crippen LogP contribution in [-0.2, 0) is 0 Å². The van der Waals surface area contributed by atoms with Crippen LogP contribution in [0, 0.1) is 0 Å². The zero-order valence-corrected chi connectivity index (χ0v) is 8.45. The molecular formula is C10H21NO2. The molecule has 0 spiro atoms. The molecule has 0 aliphatic heterocycles. The van der Waals surface area contributed by atoms with Crippen molar-refractivity contribution in [1.29, 1.82) is 0 Å². The van der Waals surface area contributed by atoms with Gasteiger partial charge in [0.25, 0.3) is 0 Å². The van der Waals surface area contributed by atoms with Crippen molar-refractivity contribution < 1.29 is 10.2 Å². The molecule has 3 heteroatoms. The summed E-state index contributed by atoms with van der Waals surface area (Å²) in [4.78, 5) is 2.18. The minimum Gasteiger partial charge on any atom is -0.395 e. The van der Waals surface area contributed by atoms with Crippen LogP contribution < -0.4 is 0 Å². The number of rotatable bonds is 4. The highest BCUT2D eigenvalue weighted by Gasteiger charge is 2.27. The van der Waals surface area contributed by atoms with Gasteiger partial charge in [-0.15, -0.1) is 0 Å². The molecule has 0 aromatic heterocycles. The molecule has 1 fully saturated rings. The molecular weight excluding hydrogens is 166 g/mol. The van der Waals surface area contributed by atoms with Gasteiger partial charge in [-0.1, -0.05) is 19.8 Å². The Morgan fingerprint density at radius 2 is 2.00 bits per heavy atom. The predicted molar refractivity (Wildman–Crippen MR) is 52.6 cm³/mol. The Morgan fingerprint density at radius 3 is 2.54 bits per heavy atom. The summed E-state index contributed by atoms with van der Waals surface area (Å²) in [6, 6.07) is 0.283. The second kappa shape index (κ2) is 5.58. The van der Waals surface area contributed by atoms with Gasteiger partial charge in [-0.25, -0.2) is 0 Å². The Labute approximate surface area is 80.4 Å². The summed E-state index contributed by atoms with van der Waals surface area (Å²) in [5.74, 6) is 0. The van der Waals surface area contributed by atoms with Gasteiger partial charge < -0.3 is 10.2 Å². The summed E-state index contributed by atoms with van der Waals surface area (Å²) in [6.45, 7) is 3.88. The molecule has 3 nitrogen and oxygen atoms in total. The smallest absolute Gasteiger partial charge is 0.0695 e. The third-order valence-corrected chi connectivity index (χ3v) is 2.96. The maximum Gasteiger partial charge on any atom is 0.0695 e. The molecule has 0 unspecified atom stereocenters. The standard InChI is InChI=1S/C10H21NO2/c1-2-11(7-8-12)9-5-3-4-6-10(9)13/h9-10,12-13H,2-8H2,1H3/t9-,10-/m0/s1. The van der Waals surface area contributed by atoms with E-state index in [4.69, 9.17) is 5.11 Å². The first-order chi connectivity index (χ1) is 6.29. The first-order valence-corrected chi connectivity index (χ1v) is 5.32. The fraction of sp³-hybridized carbons (Fsp3) is 1.00. The van der Waals surface area contributed by atoms with Crippen LogP contribution in [0.5, 0.6) is 0 Å². The number of likely N-dealkylation sites (N-methyl/N-ethyl adjacent to an activating group) is 1. The fourth-order valence-electron chi connectivity index (χ4n) is 2.20. The van der Waals surface area contributed by atoms with Crippen molar-refractivity contribution in [2.75, 3.05) is 19.7 Å². The Balaban J connectivity index is 2.44. The van der Waals surface area contributed by atoms with E-state index < -0.39 is 0 Å². The van der Waals surface area contributed by atoms with Gasteiger partial charge in [-0.2, -0.15) is 0 Å². The number of nitrogens with zero attached hydrogens (tertiary/aromatic N) is 1. The SMILES string of the molecule is CCN(CCO)[C@H]1CCCC[C@@H]1O. The molecule has 2 atom stereocenters. The summed E-state index contributed by atoms with van der Waals surface area (Å²) in [7, 11) is 0. The van der Waals surface area contributed by atoms with E-state index in [-0.39, 0.29) is 18.8 Å². The van der Waals surface area contributed by atoms with E-state index in [1.54, 1.807) is 0 Å². The first kappa shape index (κ1) is 11.0. The number of hydrogen-bond donors (Lipinski definition) is 2. The second-order valence-electron chi connectivity index (χ2n) is 3.77. The summed E-state index contributed by atoms with van der Waals surface area (Å²) in [6.07, 6.45) is 4.18. The van der Waals surface area contributed by atoms with Gasteiger partial charge in [0.1, 0.15) is 0 Å². The van der Waals surface area contributed by atoms with Gasteiger partial charge in [0.15, 0.2) is 0 Å². The van der Waals surface area contributed by atoms with Crippen LogP contribution in [0.3, 0.4) is 0 Å². The zero-order valence-electron chi connectivity index (χ0n) is 8.45. The van der Waals surface area contributed by atoms with Crippen molar-refractivity contribution in [2.45, 2.75) is 44.8 Å². The lowest BCUT2D eigenvalue weighted by molar-refractivity contribution is 0.0153. The molecule has 2 N–H and O–H groups in total. The van der Waals surface area contributed by atoms with Crippen LogP contribution in [0.25, 0.3) is 0 Å². The Morgan fingerprint density at radius 1 is 1.31 bits per heavy atom. The van der Waals surface area contributed by atoms with Crippen LogP contribution in [0.1, 0.15) is 32.6 Å². The van der Waals surface area contributed by atoms with Crippen molar-refractivity contribution in [3.8, 4) is 0 Å². The average molecular weight is 187 g/mol. The fourth-order valence-corrected chi connectivity index (χ4v) is 2.20. The van der Waals surface area contributed by atoms with Crippen molar-refractivity contribution in [3.05, 3.63) is 0 Å². The van der Waals surface area contributed by atoms with Gasteiger partial charge in [-0.05, 0) is 19.4 Å². The quantitative estimate of drug-likeness (QED) is 0.677. The normalized spacial score (nSPS) is 29.5. The molecule has 1 aliphatic carbocycles. The topological polar surface area (TPSA) is 43.7 Å². The zero-order chi connectivity index (χ0) is 9.68. The predicted octanol–water partition coefficient (Wildman–Crippen LogP) is 0.604. The Hall–Kier alpha value is -0.120.